The fourth-order valence-corrected chi connectivity index (χ4v) is 2.94. The second-order valence-electron chi connectivity index (χ2n) is 6.96. The molecule has 0 spiro atoms. The van der Waals surface area contributed by atoms with Gasteiger partial charge in [0.15, 0.2) is 0 Å². The number of nitrogens with one attached hydrogen (secondary N) is 1. The summed E-state index contributed by atoms with van der Waals surface area (Å²) in [5.41, 5.74) is 1.51. The van der Waals surface area contributed by atoms with Crippen LogP contribution in [0.2, 0.25) is 0 Å². The molecule has 3 nitrogen and oxygen atoms in total. The maximum absolute atomic E-state index is 4.84. The van der Waals surface area contributed by atoms with Gasteiger partial charge in [-0.3, -0.25) is 0 Å². The van der Waals surface area contributed by atoms with Crippen molar-refractivity contribution in [3.63, 3.8) is 0 Å². The van der Waals surface area contributed by atoms with E-state index in [4.69, 9.17) is 9.97 Å². The van der Waals surface area contributed by atoms with Crippen molar-refractivity contribution >= 4 is 21.7 Å². The van der Waals surface area contributed by atoms with Crippen LogP contribution in [-0.4, -0.2) is 16.5 Å². The van der Waals surface area contributed by atoms with E-state index in [0.29, 0.717) is 17.3 Å². The average Bonchev–Trinajstić information content (AvgIpc) is 2.99. The number of aromatic nitrogens is 2. The molecule has 2 rings (SSSR count). The molecule has 1 aromatic rings. The van der Waals surface area contributed by atoms with E-state index in [-0.39, 0.29) is 0 Å². The molecule has 1 heterocycles. The van der Waals surface area contributed by atoms with Gasteiger partial charge in [-0.15, -0.1) is 0 Å². The number of nitrogens with zero attached hydrogens (tertiary/aromatic N) is 2. The third kappa shape index (κ3) is 3.51. The molecule has 1 aliphatic carbocycles. The lowest BCUT2D eigenvalue weighted by Crippen LogP contribution is -2.11. The Kier molecular flexibility index (Phi) is 4.73. The largest absolute Gasteiger partial charge is 0.369 e. The first kappa shape index (κ1) is 15.7. The molecule has 0 aliphatic heterocycles. The Balaban J connectivity index is 2.32. The predicted molar refractivity (Wildman–Crippen MR) is 88.2 cm³/mol. The zero-order chi connectivity index (χ0) is 14.9. The Labute approximate surface area is 131 Å². The SMILES string of the molecule is CCCNc1nc(C2CC2(C)C)nc(CC(C)C)c1Br. The van der Waals surface area contributed by atoms with Crippen molar-refractivity contribution in [3.05, 3.63) is 16.0 Å². The first-order chi connectivity index (χ1) is 9.35. The van der Waals surface area contributed by atoms with Gasteiger partial charge in [0, 0.05) is 12.5 Å². The Morgan fingerprint density at radius 1 is 1.35 bits per heavy atom. The highest BCUT2D eigenvalue weighted by Gasteiger charge is 2.48. The molecule has 1 aromatic heterocycles. The van der Waals surface area contributed by atoms with Gasteiger partial charge in [0.2, 0.25) is 0 Å². The van der Waals surface area contributed by atoms with Crippen LogP contribution in [0.1, 0.15) is 64.9 Å². The Hall–Kier alpha value is -0.640. The van der Waals surface area contributed by atoms with Crippen LogP contribution in [0.3, 0.4) is 0 Å². The van der Waals surface area contributed by atoms with Crippen molar-refractivity contribution in [2.24, 2.45) is 11.3 Å². The van der Waals surface area contributed by atoms with Gasteiger partial charge in [0.25, 0.3) is 0 Å². The van der Waals surface area contributed by atoms with E-state index < -0.39 is 0 Å². The van der Waals surface area contributed by atoms with Crippen molar-refractivity contribution in [1.82, 2.24) is 9.97 Å². The second kappa shape index (κ2) is 6.00. The van der Waals surface area contributed by atoms with Crippen LogP contribution in [0.25, 0.3) is 0 Å². The van der Waals surface area contributed by atoms with E-state index in [9.17, 15) is 0 Å². The lowest BCUT2D eigenvalue weighted by atomic mass is 10.1. The van der Waals surface area contributed by atoms with Gasteiger partial charge in [-0.25, -0.2) is 9.97 Å². The van der Waals surface area contributed by atoms with Crippen LogP contribution >= 0.6 is 15.9 Å². The van der Waals surface area contributed by atoms with Gasteiger partial charge in [-0.2, -0.15) is 0 Å². The van der Waals surface area contributed by atoms with E-state index in [2.05, 4.69) is 55.9 Å². The van der Waals surface area contributed by atoms with Crippen LogP contribution in [0, 0.1) is 11.3 Å². The highest BCUT2D eigenvalue weighted by atomic mass is 79.9. The highest BCUT2D eigenvalue weighted by molar-refractivity contribution is 9.10. The molecule has 0 radical (unpaired) electrons. The molecule has 0 aromatic carbocycles. The maximum Gasteiger partial charge on any atom is 0.144 e. The molecule has 1 unspecified atom stereocenters. The summed E-state index contributed by atoms with van der Waals surface area (Å²) in [6, 6.07) is 0. The Morgan fingerprint density at radius 3 is 2.50 bits per heavy atom. The summed E-state index contributed by atoms with van der Waals surface area (Å²) in [6.07, 6.45) is 3.28. The molecular formula is C16H26BrN3. The van der Waals surface area contributed by atoms with Crippen LogP contribution in [0.15, 0.2) is 4.47 Å². The zero-order valence-corrected chi connectivity index (χ0v) is 14.8. The van der Waals surface area contributed by atoms with Gasteiger partial charge in [0.1, 0.15) is 11.6 Å². The summed E-state index contributed by atoms with van der Waals surface area (Å²) in [5.74, 6) is 3.10. The van der Waals surface area contributed by atoms with Crippen LogP contribution in [-0.2, 0) is 6.42 Å². The molecule has 1 aliphatic rings. The fourth-order valence-electron chi connectivity index (χ4n) is 2.46. The molecule has 1 saturated carbocycles. The minimum Gasteiger partial charge on any atom is -0.369 e. The second-order valence-corrected chi connectivity index (χ2v) is 7.75. The van der Waals surface area contributed by atoms with Crippen molar-refractivity contribution in [2.45, 2.75) is 59.8 Å². The fraction of sp³-hybridized carbons (Fsp3) is 0.750. The summed E-state index contributed by atoms with van der Waals surface area (Å²) in [5, 5.41) is 3.43. The summed E-state index contributed by atoms with van der Waals surface area (Å²) in [7, 11) is 0. The first-order valence-corrected chi connectivity index (χ1v) is 8.44. The normalized spacial score (nSPS) is 20.2. The van der Waals surface area contributed by atoms with Crippen molar-refractivity contribution in [3.8, 4) is 0 Å². The molecule has 0 amide bonds. The number of halogens is 1. The molecule has 0 bridgehead atoms. The summed E-state index contributed by atoms with van der Waals surface area (Å²) >= 11 is 3.68. The van der Waals surface area contributed by atoms with Gasteiger partial charge < -0.3 is 5.32 Å². The predicted octanol–water partition coefficient (Wildman–Crippen LogP) is 4.77. The molecule has 112 valence electrons. The number of rotatable bonds is 6. The lowest BCUT2D eigenvalue weighted by Gasteiger charge is -2.14. The monoisotopic (exact) mass is 339 g/mol. The highest BCUT2D eigenvalue weighted by Crippen LogP contribution is 2.57. The lowest BCUT2D eigenvalue weighted by molar-refractivity contribution is 0.597. The van der Waals surface area contributed by atoms with Crippen LogP contribution in [0.4, 0.5) is 5.82 Å². The number of hydrogen-bond donors (Lipinski definition) is 1. The summed E-state index contributed by atoms with van der Waals surface area (Å²) in [4.78, 5) is 9.61. The van der Waals surface area contributed by atoms with Crippen LogP contribution in [0.5, 0.6) is 0 Å². The number of hydrogen-bond acceptors (Lipinski definition) is 3. The molecule has 1 fully saturated rings. The minimum atomic E-state index is 0.366. The first-order valence-electron chi connectivity index (χ1n) is 7.65. The average molecular weight is 340 g/mol. The molecule has 20 heavy (non-hydrogen) atoms. The standard InChI is InChI=1S/C16H26BrN3/c1-6-7-18-15-13(17)12(8-10(2)3)19-14(20-15)11-9-16(11,4)5/h10-11H,6-9H2,1-5H3,(H,18,19,20). The quantitative estimate of drug-likeness (QED) is 0.810. The molecular weight excluding hydrogens is 314 g/mol. The molecule has 1 atom stereocenters. The van der Waals surface area contributed by atoms with E-state index in [1.165, 1.54) is 6.42 Å². The maximum atomic E-state index is 4.84. The summed E-state index contributed by atoms with van der Waals surface area (Å²) in [6.45, 7) is 12.2. The third-order valence-electron chi connectivity index (χ3n) is 3.91. The van der Waals surface area contributed by atoms with E-state index in [0.717, 1.165) is 41.2 Å². The van der Waals surface area contributed by atoms with Gasteiger partial charge in [0.05, 0.1) is 10.2 Å². The van der Waals surface area contributed by atoms with Gasteiger partial charge in [-0.05, 0) is 46.5 Å². The van der Waals surface area contributed by atoms with E-state index in [1.54, 1.807) is 0 Å². The van der Waals surface area contributed by atoms with E-state index in [1.807, 2.05) is 0 Å². The molecule has 0 saturated heterocycles. The Morgan fingerprint density at radius 2 is 2.00 bits per heavy atom. The minimum absolute atomic E-state index is 0.366. The van der Waals surface area contributed by atoms with Crippen LogP contribution < -0.4 is 5.32 Å². The summed E-state index contributed by atoms with van der Waals surface area (Å²) < 4.78 is 1.04. The van der Waals surface area contributed by atoms with Gasteiger partial charge >= 0.3 is 0 Å². The van der Waals surface area contributed by atoms with Gasteiger partial charge in [-0.1, -0.05) is 34.6 Å². The topological polar surface area (TPSA) is 37.8 Å². The smallest absolute Gasteiger partial charge is 0.144 e. The zero-order valence-electron chi connectivity index (χ0n) is 13.3. The van der Waals surface area contributed by atoms with Crippen molar-refractivity contribution in [2.75, 3.05) is 11.9 Å². The van der Waals surface area contributed by atoms with Crippen molar-refractivity contribution in [1.29, 1.82) is 0 Å². The van der Waals surface area contributed by atoms with E-state index >= 15 is 0 Å². The van der Waals surface area contributed by atoms with Crippen molar-refractivity contribution < 1.29 is 0 Å². The number of anilines is 1. The molecule has 1 N–H and O–H groups in total. The Bertz CT molecular complexity index is 483. The third-order valence-corrected chi connectivity index (χ3v) is 4.74. The molecule has 4 heteroatoms.